The van der Waals surface area contributed by atoms with Crippen molar-refractivity contribution in [1.29, 1.82) is 0 Å². The van der Waals surface area contributed by atoms with Gasteiger partial charge in [0.25, 0.3) is 0 Å². The number of hydrogen-bond acceptors (Lipinski definition) is 4. The summed E-state index contributed by atoms with van der Waals surface area (Å²) in [5.41, 5.74) is -1.49. The molecule has 1 aromatic rings. The molecular weight excluding hydrogens is 520 g/mol. The molecule has 0 aliphatic heterocycles. The fourth-order valence-electron chi connectivity index (χ4n) is 3.64. The SMILES string of the molecule is CCC[CH2][Sn]([CH2]CC)([CH2]CCC)[c]1sc(N(C)C(=O)OC(C)(C)C)nc1C(F)(F)F. The molecule has 1 rings (SSSR count). The number of aromatic nitrogens is 1. The van der Waals surface area contributed by atoms with Crippen molar-refractivity contribution in [2.24, 2.45) is 0 Å². The van der Waals surface area contributed by atoms with Gasteiger partial charge in [-0.3, -0.25) is 0 Å². The van der Waals surface area contributed by atoms with Gasteiger partial charge in [0.1, 0.15) is 0 Å². The van der Waals surface area contributed by atoms with Gasteiger partial charge in [-0.15, -0.1) is 0 Å². The molecule has 30 heavy (non-hydrogen) atoms. The second-order valence-electron chi connectivity index (χ2n) is 8.95. The Labute approximate surface area is 187 Å². The fourth-order valence-corrected chi connectivity index (χ4v) is 24.0. The first-order chi connectivity index (χ1) is 13.8. The third kappa shape index (κ3) is 7.57. The number of halogens is 3. The molecule has 1 aromatic heterocycles. The van der Waals surface area contributed by atoms with Crippen molar-refractivity contribution >= 4 is 43.8 Å². The van der Waals surface area contributed by atoms with Gasteiger partial charge in [0.2, 0.25) is 0 Å². The molecule has 1 heterocycles. The van der Waals surface area contributed by atoms with Crippen molar-refractivity contribution < 1.29 is 22.7 Å². The number of nitrogens with zero attached hydrogens (tertiary/aromatic N) is 2. The van der Waals surface area contributed by atoms with Crippen LogP contribution in [0.5, 0.6) is 0 Å². The first-order valence-electron chi connectivity index (χ1n) is 10.9. The average molecular weight is 557 g/mol. The first kappa shape index (κ1) is 27.5. The fraction of sp³-hybridized carbons (Fsp3) is 0.810. The molecule has 0 aromatic carbocycles. The number of amides is 1. The van der Waals surface area contributed by atoms with Gasteiger partial charge in [-0.2, -0.15) is 0 Å². The van der Waals surface area contributed by atoms with Crippen molar-refractivity contribution in [1.82, 2.24) is 4.98 Å². The van der Waals surface area contributed by atoms with Gasteiger partial charge in [-0.05, 0) is 0 Å². The predicted molar refractivity (Wildman–Crippen MR) is 122 cm³/mol. The summed E-state index contributed by atoms with van der Waals surface area (Å²) in [6.07, 6.45) is -0.477. The zero-order valence-electron chi connectivity index (χ0n) is 19.4. The first-order valence-corrected chi connectivity index (χ1v) is 19.2. The van der Waals surface area contributed by atoms with Gasteiger partial charge in [-0.25, -0.2) is 0 Å². The molecule has 1 amide bonds. The number of hydrogen-bond donors (Lipinski definition) is 0. The topological polar surface area (TPSA) is 42.4 Å². The monoisotopic (exact) mass is 558 g/mol. The van der Waals surface area contributed by atoms with E-state index in [1.165, 1.54) is 7.05 Å². The third-order valence-electron chi connectivity index (χ3n) is 5.07. The van der Waals surface area contributed by atoms with Crippen LogP contribution in [0.15, 0.2) is 0 Å². The van der Waals surface area contributed by atoms with Crippen LogP contribution in [0.25, 0.3) is 0 Å². The Bertz CT molecular complexity index is 679. The number of unbranched alkanes of at least 4 members (excludes halogenated alkanes) is 2. The molecule has 0 unspecified atom stereocenters. The van der Waals surface area contributed by atoms with Crippen LogP contribution in [0.3, 0.4) is 0 Å². The molecule has 0 N–H and O–H groups in total. The molecular formula is C21H37F3N2O2SSn. The quantitative estimate of drug-likeness (QED) is 0.286. The van der Waals surface area contributed by atoms with E-state index in [1.807, 2.05) is 0 Å². The average Bonchev–Trinajstić information content (AvgIpc) is 3.08. The van der Waals surface area contributed by atoms with Crippen molar-refractivity contribution in [3.05, 3.63) is 5.69 Å². The second kappa shape index (κ2) is 11.4. The molecule has 4 nitrogen and oxygen atoms in total. The van der Waals surface area contributed by atoms with E-state index in [0.717, 1.165) is 61.7 Å². The number of carbonyl (C=O) groups is 1. The van der Waals surface area contributed by atoms with Crippen molar-refractivity contribution in [3.63, 3.8) is 0 Å². The van der Waals surface area contributed by atoms with Gasteiger partial charge in [0.05, 0.1) is 0 Å². The van der Waals surface area contributed by atoms with E-state index < -0.39 is 41.9 Å². The molecule has 9 heteroatoms. The van der Waals surface area contributed by atoms with Gasteiger partial charge in [-0.1, -0.05) is 0 Å². The zero-order chi connectivity index (χ0) is 23.2. The van der Waals surface area contributed by atoms with Crippen LogP contribution < -0.4 is 7.79 Å². The molecule has 0 radical (unpaired) electrons. The number of alkyl halides is 3. The molecule has 0 saturated heterocycles. The molecule has 0 fully saturated rings. The van der Waals surface area contributed by atoms with Gasteiger partial charge in [0.15, 0.2) is 0 Å². The van der Waals surface area contributed by atoms with Crippen molar-refractivity contribution in [2.75, 3.05) is 11.9 Å². The van der Waals surface area contributed by atoms with Crippen molar-refractivity contribution in [3.8, 4) is 0 Å². The number of thiazole rings is 1. The maximum absolute atomic E-state index is 14.1. The van der Waals surface area contributed by atoms with Crippen LogP contribution in [0.2, 0.25) is 13.3 Å². The molecule has 0 aliphatic rings. The summed E-state index contributed by atoms with van der Waals surface area (Å²) in [6.45, 7) is 11.4. The molecule has 0 bridgehead atoms. The standard InChI is InChI=1S/C10H12F3N2O2S.2C4H9.C3H7.Sn/c1-9(2,3)17-8(16)15(4)7-14-6(5-18-7)10(11,12)13;2*1-3-4-2;1-3-2;/h1-4H3;2*1,3-4H2,2H3;1,3H2,2H3;. The third-order valence-corrected chi connectivity index (χ3v) is 24.9. The number of ether oxygens (including phenoxy) is 1. The predicted octanol–water partition coefficient (Wildman–Crippen LogP) is 7.20. The minimum atomic E-state index is -4.52. The van der Waals surface area contributed by atoms with E-state index >= 15 is 0 Å². The summed E-state index contributed by atoms with van der Waals surface area (Å²) in [6, 6.07) is 0. The van der Waals surface area contributed by atoms with E-state index in [9.17, 15) is 18.0 Å². The summed E-state index contributed by atoms with van der Waals surface area (Å²) >= 11 is -2.28. The molecule has 174 valence electrons. The van der Waals surface area contributed by atoms with Crippen LogP contribution in [-0.4, -0.2) is 42.1 Å². The Morgan fingerprint density at radius 1 is 1.03 bits per heavy atom. The molecule has 0 aliphatic carbocycles. The summed E-state index contributed by atoms with van der Waals surface area (Å²) in [7, 11) is 1.44. The molecule has 0 atom stereocenters. The normalized spacial score (nSPS) is 12.9. The Morgan fingerprint density at radius 3 is 1.97 bits per heavy atom. The molecule has 0 saturated carbocycles. The molecule has 0 spiro atoms. The summed E-state index contributed by atoms with van der Waals surface area (Å²) in [5, 5.41) is 0.0803. The van der Waals surface area contributed by atoms with Crippen LogP contribution in [0.1, 0.15) is 79.3 Å². The number of anilines is 1. The van der Waals surface area contributed by atoms with Crippen LogP contribution in [0.4, 0.5) is 23.1 Å². The Balaban J connectivity index is 3.53. The second-order valence-corrected chi connectivity index (χ2v) is 24.0. The van der Waals surface area contributed by atoms with Crippen LogP contribution in [-0.2, 0) is 10.9 Å². The zero-order valence-corrected chi connectivity index (χ0v) is 23.1. The van der Waals surface area contributed by atoms with Gasteiger partial charge >= 0.3 is 188 Å². The Morgan fingerprint density at radius 2 is 1.57 bits per heavy atom. The number of rotatable bonds is 10. The number of carbonyl (C=O) groups excluding carboxylic acids is 1. The maximum atomic E-state index is 14.1. The summed E-state index contributed by atoms with van der Waals surface area (Å²) in [5.74, 6) is 0. The van der Waals surface area contributed by atoms with E-state index in [0.29, 0.717) is 2.89 Å². The van der Waals surface area contributed by atoms with E-state index in [1.54, 1.807) is 20.8 Å². The van der Waals surface area contributed by atoms with E-state index in [2.05, 4.69) is 25.8 Å². The van der Waals surface area contributed by atoms with E-state index in [-0.39, 0.29) is 5.13 Å². The minimum absolute atomic E-state index is 0.0803. The van der Waals surface area contributed by atoms with Crippen LogP contribution in [0, 0.1) is 0 Å². The summed E-state index contributed by atoms with van der Waals surface area (Å²) in [4.78, 5) is 17.5. The summed E-state index contributed by atoms with van der Waals surface area (Å²) < 4.78 is 50.7. The van der Waals surface area contributed by atoms with Gasteiger partial charge < -0.3 is 0 Å². The van der Waals surface area contributed by atoms with Crippen molar-refractivity contribution in [2.45, 2.75) is 98.7 Å². The van der Waals surface area contributed by atoms with Crippen LogP contribution >= 0.6 is 11.3 Å². The van der Waals surface area contributed by atoms with E-state index in [4.69, 9.17) is 4.74 Å². The Kier molecular flexibility index (Phi) is 10.4. The Hall–Kier alpha value is -0.511. The van der Waals surface area contributed by atoms with Gasteiger partial charge in [0, 0.05) is 0 Å².